The summed E-state index contributed by atoms with van der Waals surface area (Å²) in [4.78, 5) is 4.11. The fourth-order valence-corrected chi connectivity index (χ4v) is 1.50. The van der Waals surface area contributed by atoms with E-state index >= 15 is 0 Å². The van der Waals surface area contributed by atoms with Crippen LogP contribution in [0.5, 0.6) is 0 Å². The highest BCUT2D eigenvalue weighted by Gasteiger charge is 1.99. The second kappa shape index (κ2) is 4.14. The van der Waals surface area contributed by atoms with Gasteiger partial charge in [0.15, 0.2) is 5.82 Å². The molecule has 2 heterocycles. The van der Waals surface area contributed by atoms with Crippen molar-refractivity contribution in [2.75, 3.05) is 11.9 Å². The lowest BCUT2D eigenvalue weighted by atomic mass is 10.4. The van der Waals surface area contributed by atoms with E-state index in [0.717, 1.165) is 23.9 Å². The van der Waals surface area contributed by atoms with Gasteiger partial charge < -0.3 is 5.32 Å². The van der Waals surface area contributed by atoms with Crippen molar-refractivity contribution in [1.82, 2.24) is 25.0 Å². The summed E-state index contributed by atoms with van der Waals surface area (Å²) < 4.78 is 1.69. The molecule has 2 aromatic rings. The van der Waals surface area contributed by atoms with Gasteiger partial charge in [0.2, 0.25) is 5.13 Å². The zero-order valence-corrected chi connectivity index (χ0v) is 8.53. The van der Waals surface area contributed by atoms with Crippen molar-refractivity contribution < 1.29 is 0 Å². The Morgan fingerprint density at radius 2 is 2.50 bits per heavy atom. The Hall–Kier alpha value is -1.50. The average molecular weight is 210 g/mol. The normalized spacial score (nSPS) is 10.4. The van der Waals surface area contributed by atoms with Gasteiger partial charge in [0, 0.05) is 20.0 Å². The standard InChI is InChI=1S/C7H10N6S/c1-13-4-9-6(12-13)2-3-8-7-11-10-5-14-7/h4-5H,2-3H2,1H3,(H,8,11). The summed E-state index contributed by atoms with van der Waals surface area (Å²) in [7, 11) is 1.86. The third-order valence-corrected chi connectivity index (χ3v) is 2.28. The van der Waals surface area contributed by atoms with E-state index in [1.807, 2.05) is 7.05 Å². The van der Waals surface area contributed by atoms with Gasteiger partial charge in [-0.25, -0.2) is 4.98 Å². The van der Waals surface area contributed by atoms with Crippen molar-refractivity contribution in [3.05, 3.63) is 17.7 Å². The fourth-order valence-electron chi connectivity index (χ4n) is 1.03. The largest absolute Gasteiger partial charge is 0.360 e. The molecule has 2 rings (SSSR count). The van der Waals surface area contributed by atoms with E-state index in [-0.39, 0.29) is 0 Å². The van der Waals surface area contributed by atoms with Crippen molar-refractivity contribution in [3.8, 4) is 0 Å². The Morgan fingerprint density at radius 1 is 1.57 bits per heavy atom. The molecule has 7 heteroatoms. The quantitative estimate of drug-likeness (QED) is 0.787. The molecule has 0 fully saturated rings. The van der Waals surface area contributed by atoms with Crippen molar-refractivity contribution in [3.63, 3.8) is 0 Å². The van der Waals surface area contributed by atoms with Crippen LogP contribution in [0.1, 0.15) is 5.82 Å². The molecule has 74 valence electrons. The van der Waals surface area contributed by atoms with Crippen LogP contribution in [0.2, 0.25) is 0 Å². The molecular weight excluding hydrogens is 200 g/mol. The van der Waals surface area contributed by atoms with Crippen molar-refractivity contribution >= 4 is 16.5 Å². The van der Waals surface area contributed by atoms with E-state index in [9.17, 15) is 0 Å². The maximum Gasteiger partial charge on any atom is 0.205 e. The number of hydrogen-bond donors (Lipinski definition) is 1. The maximum atomic E-state index is 4.16. The van der Waals surface area contributed by atoms with Crippen molar-refractivity contribution in [1.29, 1.82) is 0 Å². The van der Waals surface area contributed by atoms with Gasteiger partial charge >= 0.3 is 0 Å². The van der Waals surface area contributed by atoms with E-state index in [4.69, 9.17) is 0 Å². The monoisotopic (exact) mass is 210 g/mol. The first-order chi connectivity index (χ1) is 6.84. The Kier molecular flexibility index (Phi) is 2.68. The van der Waals surface area contributed by atoms with Crippen molar-refractivity contribution in [2.45, 2.75) is 6.42 Å². The molecule has 0 saturated heterocycles. The molecule has 1 N–H and O–H groups in total. The summed E-state index contributed by atoms with van der Waals surface area (Å²) >= 11 is 1.48. The summed E-state index contributed by atoms with van der Waals surface area (Å²) in [6.07, 6.45) is 2.49. The number of anilines is 1. The smallest absolute Gasteiger partial charge is 0.205 e. The van der Waals surface area contributed by atoms with Crippen molar-refractivity contribution in [2.24, 2.45) is 7.05 Å². The maximum absolute atomic E-state index is 4.16. The molecule has 0 spiro atoms. The Labute approximate surface area is 85.0 Å². The Balaban J connectivity index is 1.78. The van der Waals surface area contributed by atoms with Crippen LogP contribution >= 0.6 is 11.3 Å². The van der Waals surface area contributed by atoms with Crippen LogP contribution in [0.15, 0.2) is 11.8 Å². The molecule has 0 aromatic carbocycles. The van der Waals surface area contributed by atoms with Gasteiger partial charge in [0.05, 0.1) is 0 Å². The number of aromatic nitrogens is 5. The number of aryl methyl sites for hydroxylation is 1. The summed E-state index contributed by atoms with van der Waals surface area (Å²) in [6.45, 7) is 0.777. The third kappa shape index (κ3) is 2.25. The van der Waals surface area contributed by atoms with Gasteiger partial charge in [0.25, 0.3) is 0 Å². The predicted molar refractivity (Wildman–Crippen MR) is 53.1 cm³/mol. The van der Waals surface area contributed by atoms with Gasteiger partial charge in [-0.1, -0.05) is 11.3 Å². The highest BCUT2D eigenvalue weighted by Crippen LogP contribution is 2.07. The molecular formula is C7H10N6S. The molecule has 0 aliphatic rings. The zero-order valence-electron chi connectivity index (χ0n) is 7.71. The van der Waals surface area contributed by atoms with Crippen LogP contribution in [0.25, 0.3) is 0 Å². The zero-order chi connectivity index (χ0) is 9.80. The van der Waals surface area contributed by atoms with Gasteiger partial charge in [-0.05, 0) is 0 Å². The summed E-state index contributed by atoms with van der Waals surface area (Å²) in [5, 5.41) is 15.7. The molecule has 0 aliphatic heterocycles. The minimum absolute atomic E-state index is 0.777. The van der Waals surface area contributed by atoms with E-state index < -0.39 is 0 Å². The van der Waals surface area contributed by atoms with Crippen LogP contribution in [-0.4, -0.2) is 31.5 Å². The molecule has 0 saturated carbocycles. The first-order valence-corrected chi connectivity index (χ1v) is 5.07. The summed E-state index contributed by atoms with van der Waals surface area (Å²) in [5.41, 5.74) is 1.70. The number of rotatable bonds is 4. The Bertz CT molecular complexity index is 381. The molecule has 0 bridgehead atoms. The summed E-state index contributed by atoms with van der Waals surface area (Å²) in [6, 6.07) is 0. The van der Waals surface area contributed by atoms with Gasteiger partial charge in [-0.3, -0.25) is 4.68 Å². The molecule has 0 unspecified atom stereocenters. The second-order valence-corrected chi connectivity index (χ2v) is 3.59. The van der Waals surface area contributed by atoms with Crippen LogP contribution in [0, 0.1) is 0 Å². The van der Waals surface area contributed by atoms with Crippen LogP contribution in [0.3, 0.4) is 0 Å². The number of nitrogens with one attached hydrogen (secondary N) is 1. The number of hydrogen-bond acceptors (Lipinski definition) is 6. The fraction of sp³-hybridized carbons (Fsp3) is 0.429. The van der Waals surface area contributed by atoms with Gasteiger partial charge in [-0.2, -0.15) is 5.10 Å². The molecule has 2 aromatic heterocycles. The van der Waals surface area contributed by atoms with Gasteiger partial charge in [-0.15, -0.1) is 10.2 Å². The molecule has 6 nitrogen and oxygen atoms in total. The average Bonchev–Trinajstić information content (AvgIpc) is 2.77. The van der Waals surface area contributed by atoms with E-state index in [1.165, 1.54) is 11.3 Å². The van der Waals surface area contributed by atoms with Gasteiger partial charge in [0.1, 0.15) is 11.8 Å². The van der Waals surface area contributed by atoms with E-state index in [1.54, 1.807) is 16.5 Å². The van der Waals surface area contributed by atoms with Crippen LogP contribution < -0.4 is 5.32 Å². The topological polar surface area (TPSA) is 68.5 Å². The second-order valence-electron chi connectivity index (χ2n) is 2.76. The minimum atomic E-state index is 0.777. The summed E-state index contributed by atoms with van der Waals surface area (Å²) in [5.74, 6) is 0.838. The lowest BCUT2D eigenvalue weighted by molar-refractivity contribution is 0.742. The first-order valence-electron chi connectivity index (χ1n) is 4.19. The molecule has 0 atom stereocenters. The number of nitrogens with zero attached hydrogens (tertiary/aromatic N) is 5. The molecule has 0 aliphatic carbocycles. The van der Waals surface area contributed by atoms with Crippen LogP contribution in [0.4, 0.5) is 5.13 Å². The first kappa shape index (κ1) is 9.07. The predicted octanol–water partition coefficient (Wildman–Crippen LogP) is 0.321. The SMILES string of the molecule is Cn1cnc(CCNc2nncs2)n1. The van der Waals surface area contributed by atoms with Crippen LogP contribution in [-0.2, 0) is 13.5 Å². The third-order valence-electron chi connectivity index (χ3n) is 1.63. The molecule has 0 radical (unpaired) electrons. The highest BCUT2D eigenvalue weighted by molar-refractivity contribution is 7.13. The molecule has 0 amide bonds. The van der Waals surface area contributed by atoms with E-state index in [2.05, 4.69) is 25.6 Å². The Morgan fingerprint density at radius 3 is 3.14 bits per heavy atom. The van der Waals surface area contributed by atoms with E-state index in [0.29, 0.717) is 0 Å². The highest BCUT2D eigenvalue weighted by atomic mass is 32.1. The molecule has 14 heavy (non-hydrogen) atoms. The lowest BCUT2D eigenvalue weighted by Crippen LogP contribution is -2.06. The lowest BCUT2D eigenvalue weighted by Gasteiger charge is -1.97. The minimum Gasteiger partial charge on any atom is -0.360 e.